The Balaban J connectivity index is 0.00000121. The van der Waals surface area contributed by atoms with Gasteiger partial charge < -0.3 is 5.32 Å². The van der Waals surface area contributed by atoms with Crippen molar-refractivity contribution in [1.29, 1.82) is 0 Å². The lowest BCUT2D eigenvalue weighted by Gasteiger charge is -2.00. The molecule has 0 fully saturated rings. The molecule has 0 radical (unpaired) electrons. The molecule has 0 saturated carbocycles. The summed E-state index contributed by atoms with van der Waals surface area (Å²) < 4.78 is 13.5. The molecule has 0 bridgehead atoms. The van der Waals surface area contributed by atoms with Crippen molar-refractivity contribution in [2.24, 2.45) is 0 Å². The molecule has 0 aliphatic heterocycles. The van der Waals surface area contributed by atoms with Crippen molar-refractivity contribution < 1.29 is 4.39 Å². The van der Waals surface area contributed by atoms with E-state index in [9.17, 15) is 4.39 Å². The number of halogens is 3. The molecule has 1 rings (SSSR count). The van der Waals surface area contributed by atoms with E-state index in [1.54, 1.807) is 0 Å². The SMILES string of the molecule is CNCc1cc(F)cc(Br)c1.Cl. The summed E-state index contributed by atoms with van der Waals surface area (Å²) in [5.41, 5.74) is 0.944. The second kappa shape index (κ2) is 5.51. The molecule has 0 aromatic heterocycles. The van der Waals surface area contributed by atoms with Gasteiger partial charge in [-0.2, -0.15) is 0 Å². The van der Waals surface area contributed by atoms with E-state index in [-0.39, 0.29) is 18.2 Å². The molecule has 0 heterocycles. The van der Waals surface area contributed by atoms with Gasteiger partial charge >= 0.3 is 0 Å². The monoisotopic (exact) mass is 253 g/mol. The molecule has 12 heavy (non-hydrogen) atoms. The van der Waals surface area contributed by atoms with Gasteiger partial charge in [0.1, 0.15) is 5.82 Å². The van der Waals surface area contributed by atoms with Crippen LogP contribution in [0.1, 0.15) is 5.56 Å². The fourth-order valence-corrected chi connectivity index (χ4v) is 1.43. The fourth-order valence-electron chi connectivity index (χ4n) is 0.917. The number of benzene rings is 1. The van der Waals surface area contributed by atoms with Gasteiger partial charge in [-0.25, -0.2) is 4.39 Å². The molecule has 1 aromatic carbocycles. The van der Waals surface area contributed by atoms with Crippen LogP contribution in [0.15, 0.2) is 22.7 Å². The lowest BCUT2D eigenvalue weighted by molar-refractivity contribution is 0.623. The summed E-state index contributed by atoms with van der Waals surface area (Å²) in [6.45, 7) is 0.691. The van der Waals surface area contributed by atoms with Gasteiger partial charge in [-0.05, 0) is 30.8 Å². The van der Waals surface area contributed by atoms with Crippen LogP contribution >= 0.6 is 28.3 Å². The molecule has 4 heteroatoms. The lowest BCUT2D eigenvalue weighted by atomic mass is 10.2. The zero-order valence-electron chi connectivity index (χ0n) is 6.60. The summed E-state index contributed by atoms with van der Waals surface area (Å²) in [5.74, 6) is -0.204. The van der Waals surface area contributed by atoms with Gasteiger partial charge in [-0.1, -0.05) is 15.9 Å². The molecule has 68 valence electrons. The van der Waals surface area contributed by atoms with Gasteiger partial charge in [0.05, 0.1) is 0 Å². The molecular weight excluding hydrogens is 244 g/mol. The van der Waals surface area contributed by atoms with Gasteiger partial charge in [0.2, 0.25) is 0 Å². The first kappa shape index (κ1) is 11.9. The third-order valence-electron chi connectivity index (χ3n) is 1.30. The van der Waals surface area contributed by atoms with Crippen molar-refractivity contribution in [1.82, 2.24) is 5.32 Å². The first-order chi connectivity index (χ1) is 5.22. The van der Waals surface area contributed by atoms with Crippen LogP contribution in [0, 0.1) is 5.82 Å². The molecule has 0 amide bonds. The summed E-state index contributed by atoms with van der Waals surface area (Å²) in [4.78, 5) is 0. The van der Waals surface area contributed by atoms with Crippen molar-refractivity contribution >= 4 is 28.3 Å². The van der Waals surface area contributed by atoms with Gasteiger partial charge in [0, 0.05) is 11.0 Å². The lowest BCUT2D eigenvalue weighted by Crippen LogP contribution is -2.05. The Morgan fingerprint density at radius 3 is 2.58 bits per heavy atom. The van der Waals surface area contributed by atoms with E-state index in [0.29, 0.717) is 6.54 Å². The number of nitrogens with one attached hydrogen (secondary N) is 1. The molecule has 0 aliphatic carbocycles. The minimum absolute atomic E-state index is 0. The van der Waals surface area contributed by atoms with Crippen LogP contribution in [-0.2, 0) is 6.54 Å². The highest BCUT2D eigenvalue weighted by Gasteiger charge is 1.96. The Hall–Kier alpha value is -0.120. The molecule has 0 unspecified atom stereocenters. The van der Waals surface area contributed by atoms with Crippen molar-refractivity contribution in [2.75, 3.05) is 7.05 Å². The maximum atomic E-state index is 12.7. The van der Waals surface area contributed by atoms with E-state index in [0.717, 1.165) is 10.0 Å². The van der Waals surface area contributed by atoms with Crippen molar-refractivity contribution in [2.45, 2.75) is 6.54 Å². The van der Waals surface area contributed by atoms with Gasteiger partial charge in [-0.15, -0.1) is 12.4 Å². The standard InChI is InChI=1S/C8H9BrFN.ClH/c1-11-5-6-2-7(9)4-8(10)3-6;/h2-4,11H,5H2,1H3;1H. The predicted molar refractivity (Wildman–Crippen MR) is 54.1 cm³/mol. The Morgan fingerprint density at radius 1 is 1.42 bits per heavy atom. The second-order valence-electron chi connectivity index (χ2n) is 2.31. The Kier molecular flexibility index (Phi) is 5.46. The summed E-state index contributed by atoms with van der Waals surface area (Å²) >= 11 is 3.22. The van der Waals surface area contributed by atoms with Crippen molar-refractivity contribution in [3.63, 3.8) is 0 Å². The smallest absolute Gasteiger partial charge is 0.124 e. The molecule has 1 aromatic rings. The zero-order chi connectivity index (χ0) is 8.27. The molecule has 1 N–H and O–H groups in total. The quantitative estimate of drug-likeness (QED) is 0.856. The average molecular weight is 255 g/mol. The van der Waals surface area contributed by atoms with E-state index in [1.165, 1.54) is 12.1 Å². The highest BCUT2D eigenvalue weighted by Crippen LogP contribution is 2.14. The van der Waals surface area contributed by atoms with E-state index in [2.05, 4.69) is 21.2 Å². The molecule has 0 saturated heterocycles. The molecular formula is C8H10BrClFN. The summed E-state index contributed by atoms with van der Waals surface area (Å²) in [6, 6.07) is 4.85. The molecule has 0 atom stereocenters. The van der Waals surface area contributed by atoms with Crippen LogP contribution < -0.4 is 5.32 Å². The van der Waals surface area contributed by atoms with Crippen LogP contribution in [0.2, 0.25) is 0 Å². The molecule has 0 spiro atoms. The molecule has 0 aliphatic rings. The Labute approximate surface area is 85.9 Å². The van der Waals surface area contributed by atoms with Crippen molar-refractivity contribution in [3.8, 4) is 0 Å². The van der Waals surface area contributed by atoms with E-state index >= 15 is 0 Å². The third kappa shape index (κ3) is 3.52. The maximum absolute atomic E-state index is 12.7. The summed E-state index contributed by atoms with van der Waals surface area (Å²) in [5, 5.41) is 2.95. The first-order valence-electron chi connectivity index (χ1n) is 3.32. The maximum Gasteiger partial charge on any atom is 0.124 e. The average Bonchev–Trinajstić information content (AvgIpc) is 1.85. The molecule has 1 nitrogen and oxygen atoms in total. The first-order valence-corrected chi connectivity index (χ1v) is 4.11. The summed E-state index contributed by atoms with van der Waals surface area (Å²) in [6.07, 6.45) is 0. The van der Waals surface area contributed by atoms with E-state index < -0.39 is 0 Å². The van der Waals surface area contributed by atoms with Gasteiger partial charge in [-0.3, -0.25) is 0 Å². The highest BCUT2D eigenvalue weighted by atomic mass is 79.9. The minimum Gasteiger partial charge on any atom is -0.316 e. The second-order valence-corrected chi connectivity index (χ2v) is 3.22. The normalized spacial score (nSPS) is 9.25. The van der Waals surface area contributed by atoms with E-state index in [4.69, 9.17) is 0 Å². The largest absolute Gasteiger partial charge is 0.316 e. The van der Waals surface area contributed by atoms with Crippen LogP contribution in [0.3, 0.4) is 0 Å². The number of hydrogen-bond donors (Lipinski definition) is 1. The van der Waals surface area contributed by atoms with E-state index in [1.807, 2.05) is 13.1 Å². The number of hydrogen-bond acceptors (Lipinski definition) is 1. The fraction of sp³-hybridized carbons (Fsp3) is 0.250. The van der Waals surface area contributed by atoms with Crippen LogP contribution in [-0.4, -0.2) is 7.05 Å². The van der Waals surface area contributed by atoms with Gasteiger partial charge in [0.25, 0.3) is 0 Å². The van der Waals surface area contributed by atoms with Gasteiger partial charge in [0.15, 0.2) is 0 Å². The Bertz CT molecular complexity index is 235. The topological polar surface area (TPSA) is 12.0 Å². The van der Waals surface area contributed by atoms with Crippen LogP contribution in [0.4, 0.5) is 4.39 Å². The highest BCUT2D eigenvalue weighted by molar-refractivity contribution is 9.10. The zero-order valence-corrected chi connectivity index (χ0v) is 9.01. The van der Waals surface area contributed by atoms with Crippen LogP contribution in [0.25, 0.3) is 0 Å². The minimum atomic E-state index is -0.204. The third-order valence-corrected chi connectivity index (χ3v) is 1.76. The summed E-state index contributed by atoms with van der Waals surface area (Å²) in [7, 11) is 1.83. The van der Waals surface area contributed by atoms with Crippen molar-refractivity contribution in [3.05, 3.63) is 34.1 Å². The number of rotatable bonds is 2. The predicted octanol–water partition coefficient (Wildman–Crippen LogP) is 2.73. The Morgan fingerprint density at radius 2 is 2.08 bits per heavy atom. The van der Waals surface area contributed by atoms with Crippen LogP contribution in [0.5, 0.6) is 0 Å².